The molecule has 1 aliphatic carbocycles. The summed E-state index contributed by atoms with van der Waals surface area (Å²) in [6.45, 7) is 3.59. The lowest BCUT2D eigenvalue weighted by atomic mass is 10.0. The Kier molecular flexibility index (Phi) is 3.63. The maximum absolute atomic E-state index is 12.2. The standard InChI is InChI=1S/C16H19NO3S/c1-10-6-7-14(20-10)16(2,19)9-17-15(18)13-8-11-4-3-5-12(11)21-13/h6-8,19H,3-5,9H2,1-2H3,(H,17,18)/t16-/m1/s1. The second-order valence-electron chi connectivity index (χ2n) is 5.78. The van der Waals surface area contributed by atoms with E-state index in [9.17, 15) is 9.90 Å². The van der Waals surface area contributed by atoms with Crippen LogP contribution in [0.2, 0.25) is 0 Å². The number of thiophene rings is 1. The first kappa shape index (κ1) is 14.4. The van der Waals surface area contributed by atoms with Gasteiger partial charge in [0.2, 0.25) is 0 Å². The third-order valence-electron chi connectivity index (χ3n) is 3.83. The van der Waals surface area contributed by atoms with Crippen LogP contribution in [0.5, 0.6) is 0 Å². The van der Waals surface area contributed by atoms with Crippen LogP contribution in [-0.2, 0) is 18.4 Å². The number of carbonyl (C=O) groups excluding carboxylic acids is 1. The minimum atomic E-state index is -1.20. The number of furan rings is 1. The number of aliphatic hydroxyl groups is 1. The maximum atomic E-state index is 12.2. The fraction of sp³-hybridized carbons (Fsp3) is 0.438. The van der Waals surface area contributed by atoms with Gasteiger partial charge in [-0.2, -0.15) is 0 Å². The van der Waals surface area contributed by atoms with E-state index in [4.69, 9.17) is 4.42 Å². The van der Waals surface area contributed by atoms with Gasteiger partial charge in [0.1, 0.15) is 17.1 Å². The van der Waals surface area contributed by atoms with Crippen LogP contribution in [0.3, 0.4) is 0 Å². The number of amides is 1. The van der Waals surface area contributed by atoms with Gasteiger partial charge in [0, 0.05) is 4.88 Å². The summed E-state index contributed by atoms with van der Waals surface area (Å²) in [5.41, 5.74) is 0.0998. The van der Waals surface area contributed by atoms with Gasteiger partial charge in [0.25, 0.3) is 5.91 Å². The van der Waals surface area contributed by atoms with Gasteiger partial charge in [-0.1, -0.05) is 0 Å². The molecule has 0 aromatic carbocycles. The first-order valence-electron chi connectivity index (χ1n) is 7.15. The van der Waals surface area contributed by atoms with Crippen molar-refractivity contribution in [2.24, 2.45) is 0 Å². The van der Waals surface area contributed by atoms with Gasteiger partial charge in [-0.15, -0.1) is 11.3 Å². The molecule has 0 saturated carbocycles. The zero-order valence-corrected chi connectivity index (χ0v) is 13.0. The molecule has 2 heterocycles. The molecule has 3 rings (SSSR count). The highest BCUT2D eigenvalue weighted by atomic mass is 32.1. The second-order valence-corrected chi connectivity index (χ2v) is 6.92. The molecule has 112 valence electrons. The Morgan fingerprint density at radius 3 is 2.95 bits per heavy atom. The third kappa shape index (κ3) is 2.89. The minimum absolute atomic E-state index is 0.126. The van der Waals surface area contributed by atoms with E-state index in [2.05, 4.69) is 5.32 Å². The summed E-state index contributed by atoms with van der Waals surface area (Å²) < 4.78 is 5.44. The van der Waals surface area contributed by atoms with Crippen molar-refractivity contribution in [3.8, 4) is 0 Å². The molecular formula is C16H19NO3S. The summed E-state index contributed by atoms with van der Waals surface area (Å²) in [4.78, 5) is 14.2. The van der Waals surface area contributed by atoms with E-state index in [1.807, 2.05) is 13.0 Å². The maximum Gasteiger partial charge on any atom is 0.261 e. The van der Waals surface area contributed by atoms with Crippen LogP contribution in [-0.4, -0.2) is 17.6 Å². The summed E-state index contributed by atoms with van der Waals surface area (Å²) in [6.07, 6.45) is 3.34. The van der Waals surface area contributed by atoms with Crippen LogP contribution in [0.1, 0.15) is 45.0 Å². The van der Waals surface area contributed by atoms with E-state index >= 15 is 0 Å². The molecule has 2 aromatic heterocycles. The molecule has 2 aromatic rings. The van der Waals surface area contributed by atoms with Crippen molar-refractivity contribution in [3.63, 3.8) is 0 Å². The summed E-state index contributed by atoms with van der Waals surface area (Å²) in [5.74, 6) is 1.08. The zero-order chi connectivity index (χ0) is 15.0. The van der Waals surface area contributed by atoms with Crippen LogP contribution < -0.4 is 5.32 Å². The molecular weight excluding hydrogens is 286 g/mol. The molecule has 0 fully saturated rings. The van der Waals surface area contributed by atoms with Gasteiger partial charge < -0.3 is 14.8 Å². The van der Waals surface area contributed by atoms with Crippen molar-refractivity contribution >= 4 is 17.2 Å². The number of carbonyl (C=O) groups is 1. The number of hydrogen-bond acceptors (Lipinski definition) is 4. The molecule has 0 bridgehead atoms. The number of rotatable bonds is 4. The smallest absolute Gasteiger partial charge is 0.261 e. The Balaban J connectivity index is 1.65. The fourth-order valence-electron chi connectivity index (χ4n) is 2.59. The molecule has 0 saturated heterocycles. The van der Waals surface area contributed by atoms with Crippen LogP contribution >= 0.6 is 11.3 Å². The van der Waals surface area contributed by atoms with Crippen LogP contribution in [0.25, 0.3) is 0 Å². The molecule has 0 spiro atoms. The lowest BCUT2D eigenvalue weighted by Crippen LogP contribution is -2.38. The predicted molar refractivity (Wildman–Crippen MR) is 81.7 cm³/mol. The van der Waals surface area contributed by atoms with E-state index in [0.29, 0.717) is 5.76 Å². The highest BCUT2D eigenvalue weighted by Gasteiger charge is 2.28. The highest BCUT2D eigenvalue weighted by molar-refractivity contribution is 7.14. The third-order valence-corrected chi connectivity index (χ3v) is 5.07. The molecule has 5 heteroatoms. The minimum Gasteiger partial charge on any atom is -0.463 e. The monoisotopic (exact) mass is 305 g/mol. The highest BCUT2D eigenvalue weighted by Crippen LogP contribution is 2.30. The first-order chi connectivity index (χ1) is 9.95. The van der Waals surface area contributed by atoms with Crippen molar-refractivity contribution < 1.29 is 14.3 Å². The average Bonchev–Trinajstić information content (AvgIpc) is 3.10. The van der Waals surface area contributed by atoms with Crippen molar-refractivity contribution in [3.05, 3.63) is 45.0 Å². The van der Waals surface area contributed by atoms with Gasteiger partial charge in [-0.3, -0.25) is 4.79 Å². The molecule has 0 aliphatic heterocycles. The number of nitrogens with one attached hydrogen (secondary N) is 1. The lowest BCUT2D eigenvalue weighted by molar-refractivity contribution is 0.0324. The first-order valence-corrected chi connectivity index (χ1v) is 7.96. The summed E-state index contributed by atoms with van der Waals surface area (Å²) >= 11 is 1.56. The van der Waals surface area contributed by atoms with Gasteiger partial charge >= 0.3 is 0 Å². The number of hydrogen-bond donors (Lipinski definition) is 2. The zero-order valence-electron chi connectivity index (χ0n) is 12.2. The molecule has 4 nitrogen and oxygen atoms in total. The van der Waals surface area contributed by atoms with Crippen LogP contribution in [0, 0.1) is 6.92 Å². The van der Waals surface area contributed by atoms with Crippen LogP contribution in [0.15, 0.2) is 22.6 Å². The lowest BCUT2D eigenvalue weighted by Gasteiger charge is -2.21. The quantitative estimate of drug-likeness (QED) is 0.913. The molecule has 21 heavy (non-hydrogen) atoms. The molecule has 1 atom stereocenters. The van der Waals surface area contributed by atoms with Gasteiger partial charge in [-0.05, 0) is 56.9 Å². The Morgan fingerprint density at radius 1 is 1.48 bits per heavy atom. The second kappa shape index (κ2) is 5.31. The van der Waals surface area contributed by atoms with E-state index in [-0.39, 0.29) is 12.5 Å². The molecule has 1 amide bonds. The Labute approximate surface area is 127 Å². The SMILES string of the molecule is Cc1ccc([C@](C)(O)CNC(=O)c2cc3c(s2)CCC3)o1. The van der Waals surface area contributed by atoms with Crippen LogP contribution in [0.4, 0.5) is 0 Å². The average molecular weight is 305 g/mol. The predicted octanol–water partition coefficient (Wildman–Crippen LogP) is 2.78. The van der Waals surface area contributed by atoms with E-state index in [1.54, 1.807) is 30.4 Å². The Bertz CT molecular complexity index is 647. The van der Waals surface area contributed by atoms with E-state index in [0.717, 1.165) is 23.5 Å². The van der Waals surface area contributed by atoms with Gasteiger partial charge in [0.15, 0.2) is 0 Å². The summed E-state index contributed by atoms with van der Waals surface area (Å²) in [5, 5.41) is 13.2. The molecule has 0 radical (unpaired) electrons. The van der Waals surface area contributed by atoms with Crippen molar-refractivity contribution in [2.75, 3.05) is 6.54 Å². The van der Waals surface area contributed by atoms with Crippen molar-refractivity contribution in [1.82, 2.24) is 5.32 Å². The molecule has 1 aliphatic rings. The summed E-state index contributed by atoms with van der Waals surface area (Å²) in [7, 11) is 0. The Hall–Kier alpha value is -1.59. The van der Waals surface area contributed by atoms with E-state index in [1.165, 1.54) is 16.9 Å². The van der Waals surface area contributed by atoms with Crippen molar-refractivity contribution in [2.45, 2.75) is 38.7 Å². The molecule has 0 unspecified atom stereocenters. The summed E-state index contributed by atoms with van der Waals surface area (Å²) in [6, 6.07) is 5.52. The normalized spacial score (nSPS) is 16.5. The fourth-order valence-corrected chi connectivity index (χ4v) is 3.76. The molecule has 2 N–H and O–H groups in total. The van der Waals surface area contributed by atoms with Gasteiger partial charge in [0.05, 0.1) is 11.4 Å². The number of aryl methyl sites for hydroxylation is 3. The Morgan fingerprint density at radius 2 is 2.29 bits per heavy atom. The number of fused-ring (bicyclic) bond motifs is 1. The largest absolute Gasteiger partial charge is 0.463 e. The topological polar surface area (TPSA) is 62.5 Å². The van der Waals surface area contributed by atoms with Crippen molar-refractivity contribution in [1.29, 1.82) is 0 Å². The van der Waals surface area contributed by atoms with E-state index < -0.39 is 5.60 Å². The van der Waals surface area contributed by atoms with Gasteiger partial charge in [-0.25, -0.2) is 0 Å².